The van der Waals surface area contributed by atoms with Gasteiger partial charge in [0.1, 0.15) is 5.75 Å². The Kier molecular flexibility index (Phi) is 6.40. The van der Waals surface area contributed by atoms with Crippen molar-refractivity contribution >= 4 is 23.2 Å². The number of hydrogen-bond acceptors (Lipinski definition) is 3. The Balaban J connectivity index is 1.37. The molecule has 2 aromatic carbocycles. The summed E-state index contributed by atoms with van der Waals surface area (Å²) in [6.45, 7) is 5.83. The molecule has 4 nitrogen and oxygen atoms in total. The number of rotatable bonds is 6. The molecule has 26 heavy (non-hydrogen) atoms. The lowest BCUT2D eigenvalue weighted by Crippen LogP contribution is -2.48. The van der Waals surface area contributed by atoms with E-state index in [0.717, 1.165) is 48.9 Å². The van der Waals surface area contributed by atoms with Crippen molar-refractivity contribution in [1.29, 1.82) is 0 Å². The molecule has 0 unspecified atom stereocenters. The van der Waals surface area contributed by atoms with Crippen molar-refractivity contribution in [3.05, 3.63) is 59.1 Å². The Labute approximate surface area is 160 Å². The van der Waals surface area contributed by atoms with Gasteiger partial charge in [-0.2, -0.15) is 0 Å². The second-order valence-corrected chi connectivity index (χ2v) is 6.97. The van der Waals surface area contributed by atoms with Crippen LogP contribution in [0.15, 0.2) is 48.5 Å². The quantitative estimate of drug-likeness (QED) is 0.714. The fourth-order valence-electron chi connectivity index (χ4n) is 3.13. The van der Waals surface area contributed by atoms with Gasteiger partial charge < -0.3 is 14.5 Å². The molecule has 1 aliphatic rings. The second-order valence-electron chi connectivity index (χ2n) is 6.57. The summed E-state index contributed by atoms with van der Waals surface area (Å²) in [5.41, 5.74) is 2.22. The van der Waals surface area contributed by atoms with Crippen LogP contribution < -0.4 is 9.64 Å². The highest BCUT2D eigenvalue weighted by Gasteiger charge is 2.20. The second kappa shape index (κ2) is 8.95. The molecule has 0 bridgehead atoms. The van der Waals surface area contributed by atoms with Gasteiger partial charge in [0, 0.05) is 43.3 Å². The first kappa shape index (κ1) is 18.6. The molecular weight excluding hydrogens is 348 g/mol. The monoisotopic (exact) mass is 372 g/mol. The molecule has 0 aromatic heterocycles. The van der Waals surface area contributed by atoms with E-state index in [4.69, 9.17) is 16.3 Å². The summed E-state index contributed by atoms with van der Waals surface area (Å²) < 4.78 is 5.72. The van der Waals surface area contributed by atoms with Crippen molar-refractivity contribution in [3.8, 4) is 5.75 Å². The Bertz CT molecular complexity index is 728. The van der Waals surface area contributed by atoms with Gasteiger partial charge in [-0.25, -0.2) is 0 Å². The number of carbonyl (C=O) groups is 1. The zero-order valence-electron chi connectivity index (χ0n) is 15.2. The third kappa shape index (κ3) is 4.92. The number of benzene rings is 2. The van der Waals surface area contributed by atoms with Crippen LogP contribution in [-0.2, 0) is 4.79 Å². The van der Waals surface area contributed by atoms with Crippen molar-refractivity contribution in [2.24, 2.45) is 0 Å². The SMILES string of the molecule is Cc1cc(OCCCC(=O)N2CCN(c3ccccc3)CC2)ccc1Cl. The van der Waals surface area contributed by atoms with Crippen LogP contribution in [0.3, 0.4) is 0 Å². The fraction of sp³-hybridized carbons (Fsp3) is 0.381. The summed E-state index contributed by atoms with van der Waals surface area (Å²) in [5, 5.41) is 0.738. The summed E-state index contributed by atoms with van der Waals surface area (Å²) in [4.78, 5) is 16.7. The average Bonchev–Trinajstić information content (AvgIpc) is 2.68. The molecule has 0 N–H and O–H groups in total. The van der Waals surface area contributed by atoms with E-state index < -0.39 is 0 Å². The molecule has 3 rings (SSSR count). The third-order valence-electron chi connectivity index (χ3n) is 4.69. The van der Waals surface area contributed by atoms with E-state index in [2.05, 4.69) is 29.2 Å². The van der Waals surface area contributed by atoms with Gasteiger partial charge in [-0.05, 0) is 49.2 Å². The summed E-state index contributed by atoms with van der Waals surface area (Å²) in [6.07, 6.45) is 1.25. The van der Waals surface area contributed by atoms with Crippen molar-refractivity contribution in [2.75, 3.05) is 37.7 Å². The summed E-state index contributed by atoms with van der Waals surface area (Å²) in [6, 6.07) is 16.0. The maximum Gasteiger partial charge on any atom is 0.222 e. The van der Waals surface area contributed by atoms with Gasteiger partial charge in [0.2, 0.25) is 5.91 Å². The van der Waals surface area contributed by atoms with E-state index in [1.54, 1.807) is 0 Å². The lowest BCUT2D eigenvalue weighted by molar-refractivity contribution is -0.131. The summed E-state index contributed by atoms with van der Waals surface area (Å²) in [5.74, 6) is 1.02. The average molecular weight is 373 g/mol. The lowest BCUT2D eigenvalue weighted by atomic mass is 10.2. The Morgan fingerprint density at radius 2 is 1.81 bits per heavy atom. The van der Waals surface area contributed by atoms with Crippen LogP contribution in [0, 0.1) is 6.92 Å². The summed E-state index contributed by atoms with van der Waals surface area (Å²) >= 11 is 6.01. The van der Waals surface area contributed by atoms with Gasteiger partial charge in [0.25, 0.3) is 0 Å². The largest absolute Gasteiger partial charge is 0.494 e. The zero-order valence-corrected chi connectivity index (χ0v) is 15.9. The first-order chi connectivity index (χ1) is 12.6. The predicted molar refractivity (Wildman–Crippen MR) is 106 cm³/mol. The topological polar surface area (TPSA) is 32.8 Å². The van der Waals surface area contributed by atoms with Gasteiger partial charge >= 0.3 is 0 Å². The third-order valence-corrected chi connectivity index (χ3v) is 5.11. The number of halogens is 1. The molecule has 0 saturated carbocycles. The van der Waals surface area contributed by atoms with E-state index in [9.17, 15) is 4.79 Å². The van der Waals surface area contributed by atoms with Crippen molar-refractivity contribution in [1.82, 2.24) is 4.90 Å². The van der Waals surface area contributed by atoms with E-state index in [1.165, 1.54) is 5.69 Å². The molecule has 0 spiro atoms. The first-order valence-corrected chi connectivity index (χ1v) is 9.48. The molecule has 0 atom stereocenters. The molecule has 1 amide bonds. The lowest BCUT2D eigenvalue weighted by Gasteiger charge is -2.36. The van der Waals surface area contributed by atoms with Crippen LogP contribution in [0.5, 0.6) is 5.75 Å². The van der Waals surface area contributed by atoms with Gasteiger partial charge in [-0.3, -0.25) is 4.79 Å². The van der Waals surface area contributed by atoms with Crippen LogP contribution in [0.4, 0.5) is 5.69 Å². The van der Waals surface area contributed by atoms with Crippen LogP contribution >= 0.6 is 11.6 Å². The smallest absolute Gasteiger partial charge is 0.222 e. The van der Waals surface area contributed by atoms with Gasteiger partial charge in [0.15, 0.2) is 0 Å². The maximum absolute atomic E-state index is 12.4. The highest BCUT2D eigenvalue weighted by Crippen LogP contribution is 2.21. The molecular formula is C21H25ClN2O2. The number of ether oxygens (including phenoxy) is 1. The van der Waals surface area contributed by atoms with Crippen LogP contribution in [-0.4, -0.2) is 43.6 Å². The summed E-state index contributed by atoms with van der Waals surface area (Å²) in [7, 11) is 0. The van der Waals surface area contributed by atoms with Gasteiger partial charge in [-0.15, -0.1) is 0 Å². The number of carbonyl (C=O) groups excluding carboxylic acids is 1. The van der Waals surface area contributed by atoms with Crippen molar-refractivity contribution in [2.45, 2.75) is 19.8 Å². The van der Waals surface area contributed by atoms with Crippen molar-refractivity contribution in [3.63, 3.8) is 0 Å². The number of aryl methyl sites for hydroxylation is 1. The Morgan fingerprint density at radius 3 is 2.50 bits per heavy atom. The number of nitrogens with zero attached hydrogens (tertiary/aromatic N) is 2. The molecule has 0 aliphatic carbocycles. The van der Waals surface area contributed by atoms with Crippen molar-refractivity contribution < 1.29 is 9.53 Å². The van der Waals surface area contributed by atoms with E-state index in [1.807, 2.05) is 36.1 Å². The molecule has 5 heteroatoms. The molecule has 138 valence electrons. The predicted octanol–water partition coefficient (Wildman–Crippen LogP) is 4.16. The van der Waals surface area contributed by atoms with Crippen LogP contribution in [0.1, 0.15) is 18.4 Å². The number of amides is 1. The number of piperazine rings is 1. The zero-order chi connectivity index (χ0) is 18.4. The number of para-hydroxylation sites is 1. The van der Waals surface area contributed by atoms with Crippen LogP contribution in [0.2, 0.25) is 5.02 Å². The number of hydrogen-bond donors (Lipinski definition) is 0. The minimum absolute atomic E-state index is 0.216. The highest BCUT2D eigenvalue weighted by atomic mass is 35.5. The Morgan fingerprint density at radius 1 is 1.08 bits per heavy atom. The van der Waals surface area contributed by atoms with Crippen LogP contribution in [0.25, 0.3) is 0 Å². The standard InChI is InChI=1S/C21H25ClN2O2/c1-17-16-19(9-10-20(17)22)26-15-5-8-21(25)24-13-11-23(12-14-24)18-6-3-2-4-7-18/h2-4,6-7,9-10,16H,5,8,11-15H2,1H3. The molecule has 0 radical (unpaired) electrons. The molecule has 1 heterocycles. The van der Waals surface area contributed by atoms with E-state index >= 15 is 0 Å². The fourth-order valence-corrected chi connectivity index (χ4v) is 3.25. The minimum atomic E-state index is 0.216. The van der Waals surface area contributed by atoms with Gasteiger partial charge in [0.05, 0.1) is 6.61 Å². The van der Waals surface area contributed by atoms with Gasteiger partial charge in [-0.1, -0.05) is 29.8 Å². The molecule has 1 saturated heterocycles. The molecule has 1 aliphatic heterocycles. The number of anilines is 1. The molecule has 2 aromatic rings. The minimum Gasteiger partial charge on any atom is -0.494 e. The molecule has 1 fully saturated rings. The Hall–Kier alpha value is -2.20. The van der Waals surface area contributed by atoms with E-state index in [-0.39, 0.29) is 5.91 Å². The highest BCUT2D eigenvalue weighted by molar-refractivity contribution is 6.31. The maximum atomic E-state index is 12.4. The normalized spacial score (nSPS) is 14.4. The first-order valence-electron chi connectivity index (χ1n) is 9.10. The van der Waals surface area contributed by atoms with E-state index in [0.29, 0.717) is 13.0 Å².